The van der Waals surface area contributed by atoms with Crippen LogP contribution in [0.4, 0.5) is 5.69 Å². The molecule has 37 heavy (non-hydrogen) atoms. The molecule has 0 aliphatic rings. The molecule has 0 aliphatic carbocycles. The molecule has 0 radical (unpaired) electrons. The molecule has 7 nitrogen and oxygen atoms in total. The van der Waals surface area contributed by atoms with Crippen molar-refractivity contribution in [2.75, 3.05) is 18.1 Å². The second-order valence-corrected chi connectivity index (χ2v) is 8.94. The van der Waals surface area contributed by atoms with Crippen LogP contribution in [-0.4, -0.2) is 35.2 Å². The molecule has 2 amide bonds. The van der Waals surface area contributed by atoms with Gasteiger partial charge in [0.25, 0.3) is 5.91 Å². The zero-order valence-electron chi connectivity index (χ0n) is 21.1. The second-order valence-electron chi connectivity index (χ2n) is 8.94. The highest BCUT2D eigenvalue weighted by Crippen LogP contribution is 2.27. The van der Waals surface area contributed by atoms with Crippen LogP contribution in [0.15, 0.2) is 79.0 Å². The van der Waals surface area contributed by atoms with Crippen molar-refractivity contribution in [1.82, 2.24) is 10.5 Å². The number of anilines is 1. The third-order valence-electron chi connectivity index (χ3n) is 6.39. The first-order chi connectivity index (χ1) is 18.1. The van der Waals surface area contributed by atoms with E-state index in [1.54, 1.807) is 17.6 Å². The summed E-state index contributed by atoms with van der Waals surface area (Å²) in [7, 11) is 0. The lowest BCUT2D eigenvalue weighted by Gasteiger charge is -2.23. The fourth-order valence-electron chi connectivity index (χ4n) is 4.39. The Morgan fingerprint density at radius 3 is 2.35 bits per heavy atom. The number of aromatic nitrogens is 1. The number of hydrogen-bond donors (Lipinski definition) is 3. The smallest absolute Gasteiger partial charge is 0.258 e. The quantitative estimate of drug-likeness (QED) is 0.120. The first-order valence-corrected chi connectivity index (χ1v) is 12.7. The Bertz CT molecular complexity index is 1310. The SMILES string of the molecule is CCOc1ccc(C(=O)N(CCCCCCC(=O)NO)c2ccc(-c3ccc4cc[nH]c4c3)cc2)cc1. The summed E-state index contributed by atoms with van der Waals surface area (Å²) in [4.78, 5) is 29.8. The number of benzene rings is 3. The van der Waals surface area contributed by atoms with Gasteiger partial charge in [-0.15, -0.1) is 0 Å². The molecule has 3 aromatic carbocycles. The Hall–Kier alpha value is -4.10. The van der Waals surface area contributed by atoms with Gasteiger partial charge in [0.2, 0.25) is 5.91 Å². The van der Waals surface area contributed by atoms with Gasteiger partial charge in [0.1, 0.15) is 5.75 Å². The number of unbranched alkanes of at least 4 members (excludes halogenated alkanes) is 3. The van der Waals surface area contributed by atoms with Gasteiger partial charge < -0.3 is 14.6 Å². The van der Waals surface area contributed by atoms with E-state index < -0.39 is 0 Å². The van der Waals surface area contributed by atoms with Crippen molar-refractivity contribution in [3.05, 3.63) is 84.6 Å². The number of fused-ring (bicyclic) bond motifs is 1. The Balaban J connectivity index is 1.49. The molecule has 0 saturated carbocycles. The minimum atomic E-state index is -0.372. The van der Waals surface area contributed by atoms with E-state index >= 15 is 0 Å². The maximum absolute atomic E-state index is 13.5. The molecule has 1 heterocycles. The van der Waals surface area contributed by atoms with Crippen molar-refractivity contribution in [1.29, 1.82) is 0 Å². The van der Waals surface area contributed by atoms with E-state index in [1.807, 2.05) is 60.5 Å². The molecule has 0 atom stereocenters. The maximum Gasteiger partial charge on any atom is 0.258 e. The summed E-state index contributed by atoms with van der Waals surface area (Å²) < 4.78 is 5.52. The van der Waals surface area contributed by atoms with E-state index in [0.29, 0.717) is 31.6 Å². The molecule has 0 bridgehead atoms. The zero-order valence-corrected chi connectivity index (χ0v) is 21.1. The summed E-state index contributed by atoms with van der Waals surface area (Å²) in [6.07, 6.45) is 5.44. The van der Waals surface area contributed by atoms with E-state index in [2.05, 4.69) is 23.2 Å². The predicted octanol–water partition coefficient (Wildman–Crippen LogP) is 6.34. The van der Waals surface area contributed by atoms with Gasteiger partial charge in [0, 0.05) is 35.9 Å². The molecule has 0 unspecified atom stereocenters. The molecule has 3 N–H and O–H groups in total. The molecule has 4 aromatic rings. The van der Waals surface area contributed by atoms with Gasteiger partial charge in [0.15, 0.2) is 0 Å². The van der Waals surface area contributed by atoms with E-state index in [4.69, 9.17) is 9.94 Å². The molecule has 0 aliphatic heterocycles. The number of nitrogens with zero attached hydrogens (tertiary/aromatic N) is 1. The number of rotatable bonds is 12. The number of carbonyl (C=O) groups excluding carboxylic acids is 2. The Morgan fingerprint density at radius 1 is 0.892 bits per heavy atom. The number of H-pyrrole nitrogens is 1. The summed E-state index contributed by atoms with van der Waals surface area (Å²) in [6.45, 7) is 3.06. The number of hydroxylamine groups is 1. The molecule has 192 valence electrons. The van der Waals surface area contributed by atoms with E-state index in [-0.39, 0.29) is 11.8 Å². The highest BCUT2D eigenvalue weighted by Gasteiger charge is 2.18. The molecular formula is C30H33N3O4. The van der Waals surface area contributed by atoms with Gasteiger partial charge in [-0.05, 0) is 84.8 Å². The number of carbonyl (C=O) groups is 2. The van der Waals surface area contributed by atoms with Gasteiger partial charge >= 0.3 is 0 Å². The molecule has 0 spiro atoms. The number of hydrogen-bond acceptors (Lipinski definition) is 4. The van der Waals surface area contributed by atoms with Crippen molar-refractivity contribution >= 4 is 28.4 Å². The minimum absolute atomic E-state index is 0.0664. The molecule has 1 aromatic heterocycles. The fraction of sp³-hybridized carbons (Fsp3) is 0.267. The molecular weight excluding hydrogens is 466 g/mol. The summed E-state index contributed by atoms with van der Waals surface area (Å²) in [6, 6.07) is 23.7. The normalized spacial score (nSPS) is 10.9. The van der Waals surface area contributed by atoms with Crippen LogP contribution in [0.25, 0.3) is 22.0 Å². The molecule has 7 heteroatoms. The van der Waals surface area contributed by atoms with Gasteiger partial charge in [0.05, 0.1) is 6.61 Å². The van der Waals surface area contributed by atoms with Crippen LogP contribution in [0.1, 0.15) is 49.4 Å². The van der Waals surface area contributed by atoms with E-state index in [1.165, 1.54) is 5.39 Å². The Kier molecular flexibility index (Phi) is 8.94. The van der Waals surface area contributed by atoms with Gasteiger partial charge in [-0.25, -0.2) is 5.48 Å². The van der Waals surface area contributed by atoms with Crippen molar-refractivity contribution in [3.8, 4) is 16.9 Å². The van der Waals surface area contributed by atoms with E-state index in [9.17, 15) is 9.59 Å². The highest BCUT2D eigenvalue weighted by atomic mass is 16.5. The van der Waals surface area contributed by atoms with Crippen molar-refractivity contribution in [3.63, 3.8) is 0 Å². The molecule has 4 rings (SSSR count). The van der Waals surface area contributed by atoms with Crippen LogP contribution < -0.4 is 15.1 Å². The lowest BCUT2D eigenvalue weighted by molar-refractivity contribution is -0.129. The van der Waals surface area contributed by atoms with Crippen LogP contribution in [0, 0.1) is 0 Å². The van der Waals surface area contributed by atoms with Gasteiger partial charge in [-0.2, -0.15) is 0 Å². The zero-order chi connectivity index (χ0) is 26.0. The van der Waals surface area contributed by atoms with Crippen molar-refractivity contribution < 1.29 is 19.5 Å². The van der Waals surface area contributed by atoms with Crippen molar-refractivity contribution in [2.45, 2.75) is 39.0 Å². The lowest BCUT2D eigenvalue weighted by Crippen LogP contribution is -2.32. The first-order valence-electron chi connectivity index (χ1n) is 12.7. The Labute approximate surface area is 217 Å². The van der Waals surface area contributed by atoms with Crippen LogP contribution in [0.5, 0.6) is 5.75 Å². The molecule has 0 saturated heterocycles. The number of aromatic amines is 1. The number of amides is 2. The predicted molar refractivity (Wildman–Crippen MR) is 146 cm³/mol. The van der Waals surface area contributed by atoms with Crippen LogP contribution in [0.3, 0.4) is 0 Å². The lowest BCUT2D eigenvalue weighted by atomic mass is 10.0. The monoisotopic (exact) mass is 499 g/mol. The van der Waals surface area contributed by atoms with Crippen LogP contribution >= 0.6 is 0 Å². The summed E-state index contributed by atoms with van der Waals surface area (Å²) in [5.41, 5.74) is 6.38. The third-order valence-corrected chi connectivity index (χ3v) is 6.39. The second kappa shape index (κ2) is 12.7. The average molecular weight is 500 g/mol. The third kappa shape index (κ3) is 6.77. The number of ether oxygens (including phenoxy) is 1. The maximum atomic E-state index is 13.5. The van der Waals surface area contributed by atoms with Crippen LogP contribution in [-0.2, 0) is 4.79 Å². The summed E-state index contributed by atoms with van der Waals surface area (Å²) in [5, 5.41) is 9.80. The summed E-state index contributed by atoms with van der Waals surface area (Å²) >= 11 is 0. The molecule has 0 fully saturated rings. The van der Waals surface area contributed by atoms with Crippen molar-refractivity contribution in [2.24, 2.45) is 0 Å². The standard InChI is InChI=1S/C30H33N3O4/c1-2-37-27-16-12-24(13-17-27)30(35)33(20-6-4-3-5-7-29(34)32-36)26-14-10-22(11-15-26)25-9-8-23-18-19-31-28(23)21-25/h8-19,21,31,36H,2-7,20H2,1H3,(H,32,34). The highest BCUT2D eigenvalue weighted by molar-refractivity contribution is 6.06. The van der Waals surface area contributed by atoms with Crippen LogP contribution in [0.2, 0.25) is 0 Å². The Morgan fingerprint density at radius 2 is 1.62 bits per heavy atom. The van der Waals surface area contributed by atoms with Gasteiger partial charge in [-0.1, -0.05) is 37.1 Å². The first kappa shape index (κ1) is 26.0. The van der Waals surface area contributed by atoms with E-state index in [0.717, 1.165) is 47.3 Å². The van der Waals surface area contributed by atoms with Gasteiger partial charge in [-0.3, -0.25) is 14.8 Å². The minimum Gasteiger partial charge on any atom is -0.494 e. The topological polar surface area (TPSA) is 94.7 Å². The fourth-order valence-corrected chi connectivity index (χ4v) is 4.39. The largest absolute Gasteiger partial charge is 0.494 e. The summed E-state index contributed by atoms with van der Waals surface area (Å²) in [5.74, 6) is 0.298. The number of nitrogens with one attached hydrogen (secondary N) is 2. The average Bonchev–Trinajstić information content (AvgIpc) is 3.41.